The van der Waals surface area contributed by atoms with Gasteiger partial charge in [0.2, 0.25) is 5.91 Å². The SMILES string of the molecule is CC[C@H](NC(=O)Cn1ccc2ccccc21)C1CCOCC1. The van der Waals surface area contributed by atoms with Gasteiger partial charge in [-0.25, -0.2) is 0 Å². The van der Waals surface area contributed by atoms with Crippen LogP contribution in [0.5, 0.6) is 0 Å². The topological polar surface area (TPSA) is 43.3 Å². The summed E-state index contributed by atoms with van der Waals surface area (Å²) in [6.45, 7) is 4.16. The number of nitrogens with one attached hydrogen (secondary N) is 1. The largest absolute Gasteiger partial charge is 0.381 e. The molecule has 1 fully saturated rings. The van der Waals surface area contributed by atoms with E-state index in [0.29, 0.717) is 12.5 Å². The fraction of sp³-hybridized carbons (Fsp3) is 0.500. The van der Waals surface area contributed by atoms with Crippen LogP contribution in [-0.2, 0) is 16.1 Å². The van der Waals surface area contributed by atoms with E-state index in [2.05, 4.69) is 30.4 Å². The summed E-state index contributed by atoms with van der Waals surface area (Å²) in [6.07, 6.45) is 5.05. The molecule has 2 heterocycles. The zero-order valence-electron chi connectivity index (χ0n) is 13.1. The van der Waals surface area contributed by atoms with Crippen LogP contribution in [0, 0.1) is 5.92 Å². The maximum absolute atomic E-state index is 12.4. The molecule has 22 heavy (non-hydrogen) atoms. The van der Waals surface area contributed by atoms with Gasteiger partial charge >= 0.3 is 0 Å². The number of para-hydroxylation sites is 1. The molecule has 3 rings (SSSR count). The van der Waals surface area contributed by atoms with Gasteiger partial charge in [0.1, 0.15) is 6.54 Å². The van der Waals surface area contributed by atoms with Crippen LogP contribution in [0.15, 0.2) is 36.5 Å². The van der Waals surface area contributed by atoms with Crippen molar-refractivity contribution in [3.05, 3.63) is 36.5 Å². The molecule has 1 aromatic heterocycles. The predicted octanol–water partition coefficient (Wildman–Crippen LogP) is 2.96. The maximum atomic E-state index is 12.4. The van der Waals surface area contributed by atoms with Gasteiger partial charge in [0.25, 0.3) is 0 Å². The van der Waals surface area contributed by atoms with Crippen molar-refractivity contribution in [2.45, 2.75) is 38.8 Å². The van der Waals surface area contributed by atoms with Gasteiger partial charge in [0, 0.05) is 31.0 Å². The Morgan fingerprint density at radius 3 is 2.86 bits per heavy atom. The first kappa shape index (κ1) is 15.1. The minimum Gasteiger partial charge on any atom is -0.381 e. The highest BCUT2D eigenvalue weighted by atomic mass is 16.5. The number of nitrogens with zero attached hydrogens (tertiary/aromatic N) is 1. The van der Waals surface area contributed by atoms with E-state index in [-0.39, 0.29) is 11.9 Å². The highest BCUT2D eigenvalue weighted by molar-refractivity contribution is 5.83. The summed E-state index contributed by atoms with van der Waals surface area (Å²) in [6, 6.07) is 10.5. The van der Waals surface area contributed by atoms with Crippen molar-refractivity contribution in [1.82, 2.24) is 9.88 Å². The molecule has 0 spiro atoms. The average Bonchev–Trinajstić information content (AvgIpc) is 2.96. The van der Waals surface area contributed by atoms with E-state index in [1.165, 1.54) is 5.39 Å². The van der Waals surface area contributed by atoms with Crippen molar-refractivity contribution in [3.8, 4) is 0 Å². The quantitative estimate of drug-likeness (QED) is 0.922. The lowest BCUT2D eigenvalue weighted by atomic mass is 9.90. The number of rotatable bonds is 5. The van der Waals surface area contributed by atoms with Gasteiger partial charge in [0.15, 0.2) is 0 Å². The van der Waals surface area contributed by atoms with Crippen LogP contribution < -0.4 is 5.32 Å². The molecule has 0 saturated carbocycles. The third-order valence-corrected chi connectivity index (χ3v) is 4.62. The molecule has 4 heteroatoms. The zero-order valence-corrected chi connectivity index (χ0v) is 13.1. The highest BCUT2D eigenvalue weighted by Gasteiger charge is 2.24. The fourth-order valence-electron chi connectivity index (χ4n) is 3.36. The smallest absolute Gasteiger partial charge is 0.240 e. The molecule has 1 aliphatic rings. The second-order valence-corrected chi connectivity index (χ2v) is 6.03. The summed E-state index contributed by atoms with van der Waals surface area (Å²) in [5.74, 6) is 0.642. The molecule has 1 atom stereocenters. The van der Waals surface area contributed by atoms with E-state index in [9.17, 15) is 4.79 Å². The Morgan fingerprint density at radius 2 is 2.09 bits per heavy atom. The first-order valence-electron chi connectivity index (χ1n) is 8.19. The number of benzene rings is 1. The third-order valence-electron chi connectivity index (χ3n) is 4.62. The Labute approximate surface area is 131 Å². The third kappa shape index (κ3) is 3.33. The summed E-state index contributed by atoms with van der Waals surface area (Å²) in [5, 5.41) is 4.40. The molecule has 0 bridgehead atoms. The Bertz CT molecular complexity index is 629. The molecule has 1 amide bonds. The van der Waals surface area contributed by atoms with Gasteiger partial charge in [-0.3, -0.25) is 4.79 Å². The molecule has 0 aliphatic carbocycles. The van der Waals surface area contributed by atoms with Gasteiger partial charge < -0.3 is 14.6 Å². The number of hydrogen-bond donors (Lipinski definition) is 1. The van der Waals surface area contributed by atoms with E-state index < -0.39 is 0 Å². The zero-order chi connectivity index (χ0) is 15.4. The summed E-state index contributed by atoms with van der Waals surface area (Å²) in [7, 11) is 0. The number of carbonyl (C=O) groups excluding carboxylic acids is 1. The van der Waals surface area contributed by atoms with Crippen molar-refractivity contribution in [2.75, 3.05) is 13.2 Å². The normalized spacial score (nSPS) is 17.5. The minimum atomic E-state index is 0.0969. The van der Waals surface area contributed by atoms with Crippen LogP contribution in [-0.4, -0.2) is 29.7 Å². The number of carbonyl (C=O) groups is 1. The second kappa shape index (κ2) is 6.97. The average molecular weight is 300 g/mol. The lowest BCUT2D eigenvalue weighted by Gasteiger charge is -2.30. The first-order chi connectivity index (χ1) is 10.8. The first-order valence-corrected chi connectivity index (χ1v) is 8.19. The minimum absolute atomic E-state index is 0.0969. The number of fused-ring (bicyclic) bond motifs is 1. The van der Waals surface area contributed by atoms with Gasteiger partial charge in [-0.1, -0.05) is 25.1 Å². The number of aromatic nitrogens is 1. The molecule has 1 N–H and O–H groups in total. The Kier molecular flexibility index (Phi) is 4.78. The second-order valence-electron chi connectivity index (χ2n) is 6.03. The predicted molar refractivity (Wildman–Crippen MR) is 87.7 cm³/mol. The molecule has 0 radical (unpaired) electrons. The molecular formula is C18H24N2O2. The summed E-state index contributed by atoms with van der Waals surface area (Å²) in [5.41, 5.74) is 1.11. The van der Waals surface area contributed by atoms with Crippen molar-refractivity contribution >= 4 is 16.8 Å². The fourth-order valence-corrected chi connectivity index (χ4v) is 3.36. The van der Waals surface area contributed by atoms with E-state index in [0.717, 1.165) is 38.0 Å². The van der Waals surface area contributed by atoms with Crippen molar-refractivity contribution in [1.29, 1.82) is 0 Å². The van der Waals surface area contributed by atoms with Crippen molar-refractivity contribution < 1.29 is 9.53 Å². The summed E-state index contributed by atoms with van der Waals surface area (Å²) < 4.78 is 7.43. The van der Waals surface area contributed by atoms with Crippen LogP contribution in [0.3, 0.4) is 0 Å². The lowest BCUT2D eigenvalue weighted by Crippen LogP contribution is -2.43. The molecule has 118 valence electrons. The Morgan fingerprint density at radius 1 is 1.32 bits per heavy atom. The molecule has 1 aliphatic heterocycles. The van der Waals surface area contributed by atoms with Gasteiger partial charge in [0.05, 0.1) is 0 Å². The van der Waals surface area contributed by atoms with E-state index in [1.54, 1.807) is 0 Å². The van der Waals surface area contributed by atoms with Gasteiger partial charge in [-0.05, 0) is 42.7 Å². The van der Waals surface area contributed by atoms with Crippen molar-refractivity contribution in [3.63, 3.8) is 0 Å². The molecular weight excluding hydrogens is 276 g/mol. The van der Waals surface area contributed by atoms with Crippen LogP contribution in [0.25, 0.3) is 10.9 Å². The van der Waals surface area contributed by atoms with Crippen molar-refractivity contribution in [2.24, 2.45) is 5.92 Å². The molecule has 2 aromatic rings. The standard InChI is InChI=1S/C18H24N2O2/c1-2-16(14-8-11-22-12-9-14)19-18(21)13-20-10-7-15-5-3-4-6-17(15)20/h3-7,10,14,16H,2,8-9,11-13H2,1H3,(H,19,21)/t16-/m0/s1. The van der Waals surface area contributed by atoms with Crippen LogP contribution in [0.1, 0.15) is 26.2 Å². The molecule has 0 unspecified atom stereocenters. The van der Waals surface area contributed by atoms with E-state index in [1.807, 2.05) is 22.9 Å². The van der Waals surface area contributed by atoms with Gasteiger partial charge in [-0.2, -0.15) is 0 Å². The lowest BCUT2D eigenvalue weighted by molar-refractivity contribution is -0.123. The Hall–Kier alpha value is -1.81. The summed E-state index contributed by atoms with van der Waals surface area (Å²) in [4.78, 5) is 12.4. The van der Waals surface area contributed by atoms with Crippen LogP contribution in [0.2, 0.25) is 0 Å². The number of hydrogen-bond acceptors (Lipinski definition) is 2. The highest BCUT2D eigenvalue weighted by Crippen LogP contribution is 2.21. The maximum Gasteiger partial charge on any atom is 0.240 e. The van der Waals surface area contributed by atoms with Crippen LogP contribution >= 0.6 is 0 Å². The monoisotopic (exact) mass is 300 g/mol. The molecule has 1 aromatic carbocycles. The number of ether oxygens (including phenoxy) is 1. The van der Waals surface area contributed by atoms with E-state index in [4.69, 9.17) is 4.74 Å². The van der Waals surface area contributed by atoms with Gasteiger partial charge in [-0.15, -0.1) is 0 Å². The molecule has 4 nitrogen and oxygen atoms in total. The van der Waals surface area contributed by atoms with E-state index >= 15 is 0 Å². The number of amides is 1. The summed E-state index contributed by atoms with van der Waals surface area (Å²) >= 11 is 0. The van der Waals surface area contributed by atoms with Crippen LogP contribution in [0.4, 0.5) is 0 Å². The Balaban J connectivity index is 1.63. The molecule has 1 saturated heterocycles.